The van der Waals surface area contributed by atoms with Crippen molar-refractivity contribution in [2.24, 2.45) is 5.92 Å². The van der Waals surface area contributed by atoms with Crippen molar-refractivity contribution in [3.8, 4) is 11.1 Å². The number of benzene rings is 2. The van der Waals surface area contributed by atoms with E-state index in [2.05, 4.69) is 33.7 Å². The molecule has 2 aromatic heterocycles. The molecule has 2 aliphatic carbocycles. The van der Waals surface area contributed by atoms with E-state index in [9.17, 15) is 15.1 Å². The second kappa shape index (κ2) is 10.6. The number of allylic oxidation sites excluding steroid dienone is 2. The lowest BCUT2D eigenvalue weighted by atomic mass is 9.83. The third-order valence-electron chi connectivity index (χ3n) is 7.84. The van der Waals surface area contributed by atoms with Crippen LogP contribution in [0.5, 0.6) is 0 Å². The van der Waals surface area contributed by atoms with Crippen LogP contribution in [0.2, 0.25) is 0 Å². The van der Waals surface area contributed by atoms with Crippen molar-refractivity contribution in [2.75, 3.05) is 0 Å². The minimum absolute atomic E-state index is 0.000159. The predicted molar refractivity (Wildman–Crippen MR) is 145 cm³/mol. The van der Waals surface area contributed by atoms with E-state index in [1.54, 1.807) is 35.4 Å². The molecule has 4 atom stereocenters. The minimum Gasteiger partial charge on any atom is -0.478 e. The number of tetrazole rings is 1. The van der Waals surface area contributed by atoms with E-state index in [1.807, 2.05) is 36.4 Å². The molecule has 2 aliphatic rings. The Labute approximate surface area is 231 Å². The van der Waals surface area contributed by atoms with E-state index in [-0.39, 0.29) is 28.8 Å². The zero-order chi connectivity index (χ0) is 26.9. The molecule has 0 radical (unpaired) electrons. The minimum atomic E-state index is -0.947. The molecule has 1 fully saturated rings. The van der Waals surface area contributed by atoms with Gasteiger partial charge in [-0.25, -0.2) is 9.48 Å². The molecular weight excluding hydrogens is 514 g/mol. The Kier molecular flexibility index (Phi) is 6.87. The van der Waals surface area contributed by atoms with Crippen LogP contribution in [-0.4, -0.2) is 41.9 Å². The van der Waals surface area contributed by atoms with Gasteiger partial charge in [0.1, 0.15) is 6.33 Å². The van der Waals surface area contributed by atoms with Crippen LogP contribution in [0.25, 0.3) is 11.1 Å². The fraction of sp³-hybridized carbons (Fsp3) is 0.300. The maximum Gasteiger partial charge on any atom is 0.335 e. The number of carboxylic acids is 1. The van der Waals surface area contributed by atoms with Gasteiger partial charge in [0.05, 0.1) is 22.9 Å². The van der Waals surface area contributed by atoms with Gasteiger partial charge in [0.2, 0.25) is 11.9 Å². The SMILES string of the molecule is O=C(O)c1cccc(-c2cccc(C(CC3CC3)c3ccc(C4CC(Cl)C=CC4n4cnnn4)c[n+]3O)c2)c1. The Morgan fingerprint density at radius 1 is 1.08 bits per heavy atom. The van der Waals surface area contributed by atoms with Gasteiger partial charge < -0.3 is 5.11 Å². The Bertz CT molecular complexity index is 1520. The van der Waals surface area contributed by atoms with Crippen molar-refractivity contribution in [2.45, 2.75) is 48.9 Å². The third kappa shape index (κ3) is 5.43. The first-order valence-corrected chi connectivity index (χ1v) is 13.6. The molecule has 198 valence electrons. The summed E-state index contributed by atoms with van der Waals surface area (Å²) in [6.07, 6.45) is 11.4. The van der Waals surface area contributed by atoms with Crippen LogP contribution in [0.15, 0.2) is 85.3 Å². The number of carbonyl (C=O) groups is 1. The molecule has 6 rings (SSSR count). The van der Waals surface area contributed by atoms with Crippen molar-refractivity contribution in [1.29, 1.82) is 0 Å². The maximum absolute atomic E-state index is 11.5. The monoisotopic (exact) mass is 542 g/mol. The van der Waals surface area contributed by atoms with Crippen molar-refractivity contribution in [1.82, 2.24) is 20.2 Å². The average Bonchev–Trinajstić information content (AvgIpc) is 3.61. The highest BCUT2D eigenvalue weighted by molar-refractivity contribution is 6.21. The summed E-state index contributed by atoms with van der Waals surface area (Å²) in [7, 11) is 0. The average molecular weight is 543 g/mol. The maximum atomic E-state index is 11.5. The largest absolute Gasteiger partial charge is 0.478 e. The molecule has 0 saturated heterocycles. The summed E-state index contributed by atoms with van der Waals surface area (Å²) in [5, 5.41) is 32.3. The second-order valence-corrected chi connectivity index (χ2v) is 11.1. The van der Waals surface area contributed by atoms with E-state index < -0.39 is 5.97 Å². The molecule has 39 heavy (non-hydrogen) atoms. The fourth-order valence-corrected chi connectivity index (χ4v) is 5.91. The smallest absolute Gasteiger partial charge is 0.335 e. The first-order chi connectivity index (χ1) is 19.0. The van der Waals surface area contributed by atoms with Crippen LogP contribution in [0.1, 0.15) is 70.7 Å². The number of aromatic nitrogens is 5. The number of rotatable bonds is 8. The van der Waals surface area contributed by atoms with Crippen LogP contribution in [0.3, 0.4) is 0 Å². The molecule has 2 heterocycles. The van der Waals surface area contributed by atoms with Gasteiger partial charge in [0.15, 0.2) is 0 Å². The number of nitrogens with zero attached hydrogens (tertiary/aromatic N) is 5. The van der Waals surface area contributed by atoms with Crippen molar-refractivity contribution >= 4 is 17.6 Å². The number of pyridine rings is 1. The summed E-state index contributed by atoms with van der Waals surface area (Å²) in [6.45, 7) is 0. The summed E-state index contributed by atoms with van der Waals surface area (Å²) < 4.78 is 2.98. The molecule has 8 nitrogen and oxygen atoms in total. The van der Waals surface area contributed by atoms with E-state index in [0.29, 0.717) is 12.3 Å². The summed E-state index contributed by atoms with van der Waals surface area (Å²) in [5.41, 5.74) is 4.92. The van der Waals surface area contributed by atoms with E-state index in [0.717, 1.165) is 34.4 Å². The van der Waals surface area contributed by atoms with Gasteiger partial charge in [-0.2, -0.15) is 0 Å². The van der Waals surface area contributed by atoms with Gasteiger partial charge in [-0.05, 0) is 64.1 Å². The fourth-order valence-electron chi connectivity index (χ4n) is 5.63. The van der Waals surface area contributed by atoms with Gasteiger partial charge in [-0.1, -0.05) is 61.4 Å². The number of halogens is 1. The summed E-state index contributed by atoms with van der Waals surface area (Å²) in [5.74, 6) is -0.336. The number of carboxylic acid groups (broad SMARTS) is 1. The van der Waals surface area contributed by atoms with Crippen molar-refractivity contribution in [3.05, 3.63) is 108 Å². The lowest BCUT2D eigenvalue weighted by molar-refractivity contribution is -0.910. The molecular formula is C30H29ClN5O3+. The Balaban J connectivity index is 1.34. The van der Waals surface area contributed by atoms with Crippen LogP contribution >= 0.6 is 11.6 Å². The normalized spacial score (nSPS) is 21.5. The van der Waals surface area contributed by atoms with Gasteiger partial charge in [-0.3, -0.25) is 5.21 Å². The highest BCUT2D eigenvalue weighted by Gasteiger charge is 2.35. The number of hydrogen-bond acceptors (Lipinski definition) is 5. The molecule has 4 aromatic rings. The number of aromatic carboxylic acids is 1. The molecule has 2 N–H and O–H groups in total. The number of hydrogen-bond donors (Lipinski definition) is 2. The molecule has 2 aromatic carbocycles. The van der Waals surface area contributed by atoms with Gasteiger partial charge >= 0.3 is 5.97 Å². The van der Waals surface area contributed by atoms with Gasteiger partial charge in [0, 0.05) is 22.3 Å². The number of alkyl halides is 1. The molecule has 1 saturated carbocycles. The molecule has 0 amide bonds. The molecule has 4 unspecified atom stereocenters. The highest BCUT2D eigenvalue weighted by atomic mass is 35.5. The van der Waals surface area contributed by atoms with Crippen molar-refractivity contribution in [3.63, 3.8) is 0 Å². The Morgan fingerprint density at radius 3 is 2.59 bits per heavy atom. The summed E-state index contributed by atoms with van der Waals surface area (Å²) >= 11 is 6.50. The Hall–Kier alpha value is -4.04. The zero-order valence-electron chi connectivity index (χ0n) is 21.2. The highest BCUT2D eigenvalue weighted by Crippen LogP contribution is 2.42. The summed E-state index contributed by atoms with van der Waals surface area (Å²) in [6, 6.07) is 19.2. The van der Waals surface area contributed by atoms with Crippen LogP contribution < -0.4 is 4.73 Å². The van der Waals surface area contributed by atoms with Crippen molar-refractivity contribution < 1.29 is 19.8 Å². The van der Waals surface area contributed by atoms with E-state index >= 15 is 0 Å². The van der Waals surface area contributed by atoms with Crippen LogP contribution in [0.4, 0.5) is 0 Å². The quantitative estimate of drug-likeness (QED) is 0.134. The van der Waals surface area contributed by atoms with Gasteiger partial charge in [-0.15, -0.1) is 16.7 Å². The van der Waals surface area contributed by atoms with Crippen LogP contribution in [-0.2, 0) is 0 Å². The van der Waals surface area contributed by atoms with Gasteiger partial charge in [0.25, 0.3) is 0 Å². The lowest BCUT2D eigenvalue weighted by Crippen LogP contribution is -2.38. The van der Waals surface area contributed by atoms with E-state index in [4.69, 9.17) is 11.6 Å². The third-order valence-corrected chi connectivity index (χ3v) is 8.17. The van der Waals surface area contributed by atoms with Crippen LogP contribution in [0, 0.1) is 5.92 Å². The topological polar surface area (TPSA) is 105 Å². The zero-order valence-corrected chi connectivity index (χ0v) is 22.0. The first-order valence-electron chi connectivity index (χ1n) is 13.2. The molecule has 0 spiro atoms. The molecule has 0 bridgehead atoms. The molecule has 0 aliphatic heterocycles. The molecule has 9 heteroatoms. The lowest BCUT2D eigenvalue weighted by Gasteiger charge is -2.28. The Morgan fingerprint density at radius 2 is 1.87 bits per heavy atom. The first kappa shape index (κ1) is 25.2. The summed E-state index contributed by atoms with van der Waals surface area (Å²) in [4.78, 5) is 11.5. The predicted octanol–water partition coefficient (Wildman–Crippen LogP) is 5.39. The second-order valence-electron chi connectivity index (χ2n) is 10.5. The standard InChI is InChI=1S/C30H28ClN5O3/c31-25-10-12-28(35-18-32-33-34-35)27(16-25)24-9-11-29(36(39)17-24)26(13-19-7-8-19)22-5-1-3-20(14-22)21-4-2-6-23(15-21)30(37)38/h1-6,9-12,14-15,17-19,25-28H,7-8,13,16H2,(H-,37,38,39)/p+1. The van der Waals surface area contributed by atoms with E-state index in [1.165, 1.54) is 17.6 Å².